The molecule has 7 heteroatoms. The monoisotopic (exact) mass is 288 g/mol. The van der Waals surface area contributed by atoms with Crippen molar-refractivity contribution in [2.45, 2.75) is 19.8 Å². The van der Waals surface area contributed by atoms with Crippen LogP contribution in [0.25, 0.3) is 0 Å². The number of rotatable bonds is 8. The van der Waals surface area contributed by atoms with Gasteiger partial charge in [0.25, 0.3) is 0 Å². The maximum Gasteiger partial charge on any atom is 0.244 e. The Balaban J connectivity index is 0. The lowest BCUT2D eigenvalue weighted by atomic mass is 9.88. The fourth-order valence-electron chi connectivity index (χ4n) is 0.917. The zero-order chi connectivity index (χ0) is 16.3. The number of nitrogens with two attached hydrogens (primary N) is 2. The van der Waals surface area contributed by atoms with E-state index in [0.29, 0.717) is 6.42 Å². The molecule has 20 heavy (non-hydrogen) atoms. The summed E-state index contributed by atoms with van der Waals surface area (Å²) in [5.41, 5.74) is 9.31. The Hall–Kier alpha value is -1.70. The third-order valence-corrected chi connectivity index (χ3v) is 2.88. The van der Waals surface area contributed by atoms with Crippen molar-refractivity contribution in [3.63, 3.8) is 0 Å². The molecule has 116 valence electrons. The van der Waals surface area contributed by atoms with E-state index in [2.05, 4.69) is 13.2 Å². The van der Waals surface area contributed by atoms with Crippen LogP contribution in [-0.4, -0.2) is 47.0 Å². The maximum atomic E-state index is 10.4. The molecule has 0 bridgehead atoms. The van der Waals surface area contributed by atoms with Gasteiger partial charge in [-0.15, -0.1) is 0 Å². The molecule has 7 N–H and O–H groups in total. The Bertz CT molecular complexity index is 320. The minimum Gasteiger partial charge on any atom is -0.396 e. The molecule has 0 unspecified atom stereocenters. The van der Waals surface area contributed by atoms with Crippen molar-refractivity contribution in [2.75, 3.05) is 19.8 Å². The van der Waals surface area contributed by atoms with Gasteiger partial charge >= 0.3 is 0 Å². The van der Waals surface area contributed by atoms with Crippen molar-refractivity contribution in [1.82, 2.24) is 0 Å². The molecule has 0 heterocycles. The van der Waals surface area contributed by atoms with Crippen LogP contribution in [0, 0.1) is 5.41 Å². The number of aliphatic hydroxyl groups is 3. The Morgan fingerprint density at radius 1 is 0.950 bits per heavy atom. The van der Waals surface area contributed by atoms with E-state index in [4.69, 9.17) is 26.8 Å². The Kier molecular flexibility index (Phi) is 10.4. The zero-order valence-electron chi connectivity index (χ0n) is 11.8. The summed E-state index contributed by atoms with van der Waals surface area (Å²) in [5, 5.41) is 26.0. The molecule has 0 spiro atoms. The van der Waals surface area contributed by atoms with Crippen LogP contribution in [0.1, 0.15) is 19.8 Å². The van der Waals surface area contributed by atoms with Gasteiger partial charge in [0.1, 0.15) is 0 Å². The molecule has 0 saturated heterocycles. The third-order valence-electron chi connectivity index (χ3n) is 2.88. The van der Waals surface area contributed by atoms with Crippen molar-refractivity contribution in [1.29, 1.82) is 0 Å². The first-order chi connectivity index (χ1) is 9.19. The predicted octanol–water partition coefficient (Wildman–Crippen LogP) is -1.18. The van der Waals surface area contributed by atoms with E-state index in [-0.39, 0.29) is 37.4 Å². The van der Waals surface area contributed by atoms with Crippen LogP contribution in [-0.2, 0) is 9.59 Å². The van der Waals surface area contributed by atoms with Crippen LogP contribution in [0.4, 0.5) is 0 Å². The first-order valence-corrected chi connectivity index (χ1v) is 5.97. The number of carbonyl (C=O) groups excluding carboxylic acids is 2. The number of amides is 2. The maximum absolute atomic E-state index is 10.4. The van der Waals surface area contributed by atoms with Crippen molar-refractivity contribution < 1.29 is 24.9 Å². The SMILES string of the molecule is C=C(CC(=C)C(N)=O)C(N)=O.CCC(CO)(CO)CO. The molecule has 0 fully saturated rings. The second-order valence-electron chi connectivity index (χ2n) is 4.44. The van der Waals surface area contributed by atoms with Gasteiger partial charge in [0.05, 0.1) is 19.8 Å². The number of hydrogen-bond acceptors (Lipinski definition) is 5. The topological polar surface area (TPSA) is 147 Å². The third kappa shape index (κ3) is 7.67. The summed E-state index contributed by atoms with van der Waals surface area (Å²) in [6.45, 7) is 8.02. The van der Waals surface area contributed by atoms with Gasteiger partial charge in [-0.2, -0.15) is 0 Å². The van der Waals surface area contributed by atoms with Crippen molar-refractivity contribution >= 4 is 11.8 Å². The van der Waals surface area contributed by atoms with Crippen LogP contribution < -0.4 is 11.5 Å². The average molecular weight is 288 g/mol. The van der Waals surface area contributed by atoms with Gasteiger partial charge in [-0.05, 0) is 6.42 Å². The van der Waals surface area contributed by atoms with Gasteiger partial charge < -0.3 is 26.8 Å². The molecular formula is C13H24N2O5. The molecule has 0 saturated carbocycles. The molecule has 0 aliphatic heterocycles. The first kappa shape index (κ1) is 20.6. The molecular weight excluding hydrogens is 264 g/mol. The van der Waals surface area contributed by atoms with Crippen molar-refractivity contribution in [2.24, 2.45) is 16.9 Å². The number of aliphatic hydroxyl groups excluding tert-OH is 3. The standard InChI is InChI=1S/C7H10N2O2.C6H14O3/c1-4(6(8)10)3-5(2)7(9)11;1-2-6(3-7,4-8)5-9/h1-3H2,(H2,8,10)(H2,9,11);7-9H,2-5H2,1H3. The summed E-state index contributed by atoms with van der Waals surface area (Å²) >= 11 is 0. The summed E-state index contributed by atoms with van der Waals surface area (Å²) < 4.78 is 0. The first-order valence-electron chi connectivity index (χ1n) is 5.97. The van der Waals surface area contributed by atoms with Gasteiger partial charge in [-0.25, -0.2) is 0 Å². The van der Waals surface area contributed by atoms with E-state index in [1.54, 1.807) is 0 Å². The van der Waals surface area contributed by atoms with Gasteiger partial charge in [-0.1, -0.05) is 20.1 Å². The molecule has 0 aliphatic carbocycles. The fourth-order valence-corrected chi connectivity index (χ4v) is 0.917. The van der Waals surface area contributed by atoms with E-state index >= 15 is 0 Å². The van der Waals surface area contributed by atoms with E-state index in [1.807, 2.05) is 6.92 Å². The fraction of sp³-hybridized carbons (Fsp3) is 0.538. The number of primary amides is 2. The smallest absolute Gasteiger partial charge is 0.244 e. The lowest BCUT2D eigenvalue weighted by Crippen LogP contribution is -2.32. The van der Waals surface area contributed by atoms with Crippen LogP contribution in [0.2, 0.25) is 0 Å². The minimum atomic E-state index is -0.667. The molecule has 0 aromatic carbocycles. The zero-order valence-corrected chi connectivity index (χ0v) is 11.8. The molecule has 7 nitrogen and oxygen atoms in total. The predicted molar refractivity (Wildman–Crippen MR) is 75.3 cm³/mol. The molecule has 2 amide bonds. The molecule has 0 rings (SSSR count). The van der Waals surface area contributed by atoms with E-state index in [0.717, 1.165) is 0 Å². The van der Waals surface area contributed by atoms with Crippen LogP contribution in [0.15, 0.2) is 24.3 Å². The Morgan fingerprint density at radius 2 is 1.25 bits per heavy atom. The van der Waals surface area contributed by atoms with Crippen LogP contribution in [0.5, 0.6) is 0 Å². The summed E-state index contributed by atoms with van der Waals surface area (Å²) in [6.07, 6.45) is 0.640. The molecule has 0 radical (unpaired) electrons. The highest BCUT2D eigenvalue weighted by molar-refractivity contribution is 5.97. The van der Waals surface area contributed by atoms with Crippen molar-refractivity contribution in [3.05, 3.63) is 24.3 Å². The van der Waals surface area contributed by atoms with Crippen LogP contribution >= 0.6 is 0 Å². The van der Waals surface area contributed by atoms with Gasteiger partial charge in [0.2, 0.25) is 11.8 Å². The summed E-state index contributed by atoms with van der Waals surface area (Å²) in [5.74, 6) is -1.29. The molecule has 0 atom stereocenters. The second-order valence-corrected chi connectivity index (χ2v) is 4.44. The van der Waals surface area contributed by atoms with Gasteiger partial charge in [-0.3, -0.25) is 9.59 Å². The Labute approximate surface area is 118 Å². The van der Waals surface area contributed by atoms with E-state index in [1.165, 1.54) is 0 Å². The lowest BCUT2D eigenvalue weighted by molar-refractivity contribution is -0.114. The average Bonchev–Trinajstić information content (AvgIpc) is 2.42. The lowest BCUT2D eigenvalue weighted by Gasteiger charge is -2.24. The highest BCUT2D eigenvalue weighted by Crippen LogP contribution is 2.18. The minimum absolute atomic E-state index is 0.0463. The van der Waals surface area contributed by atoms with E-state index in [9.17, 15) is 9.59 Å². The van der Waals surface area contributed by atoms with Crippen molar-refractivity contribution in [3.8, 4) is 0 Å². The molecule has 0 aromatic rings. The summed E-state index contributed by atoms with van der Waals surface area (Å²) in [6, 6.07) is 0. The normalized spacial score (nSPS) is 10.2. The molecule has 0 aromatic heterocycles. The van der Waals surface area contributed by atoms with Gasteiger partial charge in [0, 0.05) is 23.0 Å². The quantitative estimate of drug-likeness (QED) is 0.357. The highest BCUT2D eigenvalue weighted by atomic mass is 16.3. The second kappa shape index (κ2) is 10.1. The largest absolute Gasteiger partial charge is 0.396 e. The Morgan fingerprint density at radius 3 is 1.35 bits per heavy atom. The summed E-state index contributed by atoms with van der Waals surface area (Å²) in [7, 11) is 0. The van der Waals surface area contributed by atoms with E-state index < -0.39 is 17.2 Å². The van der Waals surface area contributed by atoms with Crippen LogP contribution in [0.3, 0.4) is 0 Å². The van der Waals surface area contributed by atoms with Gasteiger partial charge in [0.15, 0.2) is 0 Å². The summed E-state index contributed by atoms with van der Waals surface area (Å²) in [4.78, 5) is 20.8. The highest BCUT2D eigenvalue weighted by Gasteiger charge is 2.24. The molecule has 0 aliphatic rings. The number of carbonyl (C=O) groups is 2. The number of hydrogen-bond donors (Lipinski definition) is 5.